The Labute approximate surface area is 143 Å². The van der Waals surface area contributed by atoms with E-state index in [9.17, 15) is 4.79 Å². The third-order valence-electron chi connectivity index (χ3n) is 3.20. The summed E-state index contributed by atoms with van der Waals surface area (Å²) in [5.74, 6) is 0.787. The van der Waals surface area contributed by atoms with Crippen molar-refractivity contribution in [3.05, 3.63) is 18.3 Å². The molecule has 1 unspecified atom stereocenters. The first-order valence-electron chi connectivity index (χ1n) is 7.00. The van der Waals surface area contributed by atoms with Crippen molar-refractivity contribution in [1.29, 1.82) is 0 Å². The Morgan fingerprint density at radius 2 is 2.14 bits per heavy atom. The number of hydrogen-bond donors (Lipinski definition) is 2. The number of nitrogens with zero attached hydrogens (tertiary/aromatic N) is 2. The van der Waals surface area contributed by atoms with Gasteiger partial charge in [-0.15, -0.1) is 24.8 Å². The molecule has 0 bridgehead atoms. The van der Waals surface area contributed by atoms with Gasteiger partial charge >= 0.3 is 0 Å². The second-order valence-electron chi connectivity index (χ2n) is 5.04. The lowest BCUT2D eigenvalue weighted by Gasteiger charge is -2.29. The summed E-state index contributed by atoms with van der Waals surface area (Å²) in [6, 6.07) is 3.74. The van der Waals surface area contributed by atoms with Crippen molar-refractivity contribution in [3.63, 3.8) is 0 Å². The number of ether oxygens (including phenoxy) is 1. The molecule has 1 atom stereocenters. The van der Waals surface area contributed by atoms with Crippen LogP contribution in [0.1, 0.15) is 19.8 Å². The molecule has 126 valence electrons. The lowest BCUT2D eigenvalue weighted by atomic mass is 10.2. The average molecular weight is 351 g/mol. The Kier molecular flexibility index (Phi) is 10.1. The summed E-state index contributed by atoms with van der Waals surface area (Å²) in [7, 11) is 0. The number of aromatic nitrogens is 1. The molecule has 1 aromatic rings. The first-order valence-corrected chi connectivity index (χ1v) is 7.00. The minimum absolute atomic E-state index is 0. The van der Waals surface area contributed by atoms with Crippen LogP contribution in [-0.4, -0.2) is 43.2 Å². The van der Waals surface area contributed by atoms with Crippen LogP contribution >= 0.6 is 24.8 Å². The zero-order valence-corrected chi connectivity index (χ0v) is 14.3. The molecule has 0 spiro atoms. The van der Waals surface area contributed by atoms with Crippen molar-refractivity contribution in [3.8, 4) is 0 Å². The number of nitrogens with two attached hydrogens (primary N) is 1. The van der Waals surface area contributed by atoms with E-state index in [-0.39, 0.29) is 36.8 Å². The van der Waals surface area contributed by atoms with Crippen molar-refractivity contribution < 1.29 is 9.53 Å². The smallest absolute Gasteiger partial charge is 0.224 e. The highest BCUT2D eigenvalue weighted by Crippen LogP contribution is 2.23. The number of anilines is 2. The SMILES string of the molecule is CC(N)CCC(=O)Nc1cccnc1N1CCOCC1.Cl.Cl. The van der Waals surface area contributed by atoms with Gasteiger partial charge in [0, 0.05) is 31.7 Å². The lowest BCUT2D eigenvalue weighted by Crippen LogP contribution is -2.37. The van der Waals surface area contributed by atoms with Gasteiger partial charge in [-0.25, -0.2) is 4.98 Å². The Hall–Kier alpha value is -1.08. The fourth-order valence-electron chi connectivity index (χ4n) is 2.09. The Morgan fingerprint density at radius 3 is 2.77 bits per heavy atom. The van der Waals surface area contributed by atoms with Gasteiger partial charge in [0.25, 0.3) is 0 Å². The molecular formula is C14H24Cl2N4O2. The Morgan fingerprint density at radius 1 is 1.45 bits per heavy atom. The molecule has 0 radical (unpaired) electrons. The number of rotatable bonds is 5. The largest absolute Gasteiger partial charge is 0.378 e. The second-order valence-corrected chi connectivity index (χ2v) is 5.04. The van der Waals surface area contributed by atoms with Gasteiger partial charge in [-0.2, -0.15) is 0 Å². The third kappa shape index (κ3) is 6.36. The van der Waals surface area contributed by atoms with E-state index in [2.05, 4.69) is 15.2 Å². The van der Waals surface area contributed by atoms with E-state index in [1.807, 2.05) is 19.1 Å². The topological polar surface area (TPSA) is 80.5 Å². The minimum Gasteiger partial charge on any atom is -0.378 e. The van der Waals surface area contributed by atoms with Crippen LogP contribution in [0.15, 0.2) is 18.3 Å². The van der Waals surface area contributed by atoms with Crippen molar-refractivity contribution in [2.75, 3.05) is 36.5 Å². The Balaban J connectivity index is 0.00000220. The summed E-state index contributed by atoms with van der Waals surface area (Å²) < 4.78 is 5.34. The molecule has 6 nitrogen and oxygen atoms in total. The molecule has 8 heteroatoms. The minimum atomic E-state index is -0.0233. The summed E-state index contributed by atoms with van der Waals surface area (Å²) in [4.78, 5) is 18.4. The van der Waals surface area contributed by atoms with Crippen LogP contribution in [0.4, 0.5) is 11.5 Å². The maximum absolute atomic E-state index is 11.9. The van der Waals surface area contributed by atoms with Gasteiger partial charge in [-0.3, -0.25) is 4.79 Å². The number of pyridine rings is 1. The monoisotopic (exact) mass is 350 g/mol. The van der Waals surface area contributed by atoms with E-state index < -0.39 is 0 Å². The van der Waals surface area contributed by atoms with Crippen LogP contribution in [0.2, 0.25) is 0 Å². The lowest BCUT2D eigenvalue weighted by molar-refractivity contribution is -0.116. The van der Waals surface area contributed by atoms with Gasteiger partial charge < -0.3 is 20.7 Å². The molecular weight excluding hydrogens is 327 g/mol. The predicted molar refractivity (Wildman–Crippen MR) is 93.3 cm³/mol. The van der Waals surface area contributed by atoms with Crippen LogP contribution in [0.5, 0.6) is 0 Å². The van der Waals surface area contributed by atoms with Crippen molar-refractivity contribution >= 4 is 42.2 Å². The van der Waals surface area contributed by atoms with Crippen LogP contribution in [0.3, 0.4) is 0 Å². The first-order chi connectivity index (χ1) is 9.66. The first kappa shape index (κ1) is 20.9. The van der Waals surface area contributed by atoms with Gasteiger partial charge in [0.2, 0.25) is 5.91 Å². The zero-order valence-electron chi connectivity index (χ0n) is 12.7. The van der Waals surface area contributed by atoms with Crippen LogP contribution in [0.25, 0.3) is 0 Å². The number of carbonyl (C=O) groups is 1. The number of hydrogen-bond acceptors (Lipinski definition) is 5. The molecule has 1 amide bonds. The van der Waals surface area contributed by atoms with Crippen LogP contribution in [-0.2, 0) is 9.53 Å². The summed E-state index contributed by atoms with van der Waals surface area (Å²) in [6.07, 6.45) is 2.84. The molecule has 2 heterocycles. The maximum Gasteiger partial charge on any atom is 0.224 e. The van der Waals surface area contributed by atoms with Crippen molar-refractivity contribution in [2.24, 2.45) is 5.73 Å². The predicted octanol–water partition coefficient (Wildman–Crippen LogP) is 1.83. The van der Waals surface area contributed by atoms with E-state index in [1.54, 1.807) is 6.20 Å². The summed E-state index contributed by atoms with van der Waals surface area (Å²) in [5, 5.41) is 2.92. The highest BCUT2D eigenvalue weighted by atomic mass is 35.5. The van der Waals surface area contributed by atoms with E-state index in [1.165, 1.54) is 0 Å². The number of nitrogens with one attached hydrogen (secondary N) is 1. The molecule has 1 aliphatic heterocycles. The third-order valence-corrected chi connectivity index (χ3v) is 3.20. The molecule has 0 saturated carbocycles. The van der Waals surface area contributed by atoms with Crippen molar-refractivity contribution in [1.82, 2.24) is 4.98 Å². The molecule has 2 rings (SSSR count). The maximum atomic E-state index is 11.9. The van der Waals surface area contributed by atoms with Gasteiger partial charge in [-0.1, -0.05) is 0 Å². The van der Waals surface area contributed by atoms with E-state index in [4.69, 9.17) is 10.5 Å². The normalized spacial score (nSPS) is 15.3. The summed E-state index contributed by atoms with van der Waals surface area (Å²) in [6.45, 7) is 4.86. The van der Waals surface area contributed by atoms with E-state index in [0.717, 1.165) is 24.6 Å². The molecule has 1 saturated heterocycles. The Bertz CT molecular complexity index is 454. The fraction of sp³-hybridized carbons (Fsp3) is 0.571. The molecule has 3 N–H and O–H groups in total. The average Bonchev–Trinajstić information content (AvgIpc) is 2.47. The molecule has 1 aliphatic rings. The molecule has 1 fully saturated rings. The van der Waals surface area contributed by atoms with E-state index >= 15 is 0 Å². The molecule has 22 heavy (non-hydrogen) atoms. The number of amides is 1. The van der Waals surface area contributed by atoms with Gasteiger partial charge in [0.15, 0.2) is 5.82 Å². The number of carbonyl (C=O) groups excluding carboxylic acids is 1. The van der Waals surface area contributed by atoms with Crippen LogP contribution < -0.4 is 16.0 Å². The zero-order chi connectivity index (χ0) is 14.4. The summed E-state index contributed by atoms with van der Waals surface area (Å²) >= 11 is 0. The number of halogens is 2. The number of morpholine rings is 1. The quantitative estimate of drug-likeness (QED) is 0.846. The van der Waals surface area contributed by atoms with Crippen LogP contribution in [0, 0.1) is 0 Å². The second kappa shape index (κ2) is 10.6. The van der Waals surface area contributed by atoms with Gasteiger partial charge in [-0.05, 0) is 25.5 Å². The fourth-order valence-corrected chi connectivity index (χ4v) is 2.09. The van der Waals surface area contributed by atoms with E-state index in [0.29, 0.717) is 26.1 Å². The standard InChI is InChI=1S/C14H22N4O2.2ClH/c1-11(15)4-5-13(19)17-12-3-2-6-16-14(12)18-7-9-20-10-8-18;;/h2-3,6,11H,4-5,7-10,15H2,1H3,(H,17,19);2*1H. The van der Waals surface area contributed by atoms with Gasteiger partial charge in [0.05, 0.1) is 18.9 Å². The molecule has 0 aliphatic carbocycles. The highest BCUT2D eigenvalue weighted by molar-refractivity contribution is 5.93. The molecule has 0 aromatic carbocycles. The van der Waals surface area contributed by atoms with Gasteiger partial charge in [0.1, 0.15) is 0 Å². The highest BCUT2D eigenvalue weighted by Gasteiger charge is 2.17. The van der Waals surface area contributed by atoms with Crippen molar-refractivity contribution in [2.45, 2.75) is 25.8 Å². The summed E-state index contributed by atoms with van der Waals surface area (Å²) in [5.41, 5.74) is 6.42. The molecule has 1 aromatic heterocycles.